The summed E-state index contributed by atoms with van der Waals surface area (Å²) in [7, 11) is -9.92. The van der Waals surface area contributed by atoms with Crippen molar-refractivity contribution in [3.63, 3.8) is 0 Å². The lowest BCUT2D eigenvalue weighted by molar-refractivity contribution is -0.161. The van der Waals surface area contributed by atoms with E-state index < -0.39 is 97.5 Å². The summed E-state index contributed by atoms with van der Waals surface area (Å²) in [6, 6.07) is 0. The molecule has 0 aliphatic carbocycles. The van der Waals surface area contributed by atoms with Crippen LogP contribution in [0.3, 0.4) is 0 Å². The maximum atomic E-state index is 13.1. The number of ether oxygens (including phenoxy) is 4. The molecular weight excluding hydrogens is 1320 g/mol. The van der Waals surface area contributed by atoms with Gasteiger partial charge in [0, 0.05) is 25.7 Å². The zero-order valence-electron chi connectivity index (χ0n) is 66.2. The van der Waals surface area contributed by atoms with Crippen LogP contribution in [0.25, 0.3) is 0 Å². The zero-order valence-corrected chi connectivity index (χ0v) is 68.0. The fraction of sp³-hybridized carbons (Fsp3) is 0.951. The van der Waals surface area contributed by atoms with Gasteiger partial charge in [-0.2, -0.15) is 0 Å². The molecule has 0 saturated carbocycles. The van der Waals surface area contributed by atoms with Crippen LogP contribution in [-0.4, -0.2) is 96.7 Å². The van der Waals surface area contributed by atoms with Gasteiger partial charge in [0.15, 0.2) is 12.2 Å². The molecule has 0 saturated heterocycles. The molecule has 600 valence electrons. The molecule has 17 nitrogen and oxygen atoms in total. The summed E-state index contributed by atoms with van der Waals surface area (Å²) in [5.74, 6) is -0.608. The van der Waals surface area contributed by atoms with Crippen LogP contribution in [0.2, 0.25) is 0 Å². The molecule has 101 heavy (non-hydrogen) atoms. The third-order valence-electron chi connectivity index (χ3n) is 19.2. The molecule has 0 heterocycles. The largest absolute Gasteiger partial charge is 0.472 e. The SMILES string of the molecule is CCCCCCCCCCCCCCCCCCC(=O)OC[C@H](COP(=O)(O)OC[C@@H](O)COP(=O)(O)OC[C@@H](COC(=O)CCCCCCCCC(C)C)OC(=O)CCCCCCCCCCCCCCCCC)OC(=O)CCCCCCCCCCCCCCCCCCCCC(C)C. The molecule has 0 bridgehead atoms. The van der Waals surface area contributed by atoms with Crippen molar-refractivity contribution in [3.8, 4) is 0 Å². The van der Waals surface area contributed by atoms with Gasteiger partial charge < -0.3 is 33.8 Å². The van der Waals surface area contributed by atoms with Crippen LogP contribution in [0, 0.1) is 11.8 Å². The van der Waals surface area contributed by atoms with E-state index in [0.29, 0.717) is 31.6 Å². The Kier molecular flexibility index (Phi) is 72.2. The van der Waals surface area contributed by atoms with Crippen LogP contribution in [0.4, 0.5) is 0 Å². The molecule has 0 amide bonds. The van der Waals surface area contributed by atoms with E-state index in [1.807, 2.05) is 0 Å². The molecule has 0 spiro atoms. The summed E-state index contributed by atoms with van der Waals surface area (Å²) in [5, 5.41) is 10.6. The molecule has 0 aliphatic rings. The average molecular weight is 1480 g/mol. The number of unbranched alkanes of at least 4 members (excludes halogenated alkanes) is 51. The number of phosphoric ester groups is 2. The lowest BCUT2D eigenvalue weighted by Gasteiger charge is -2.21. The number of rotatable bonds is 81. The minimum absolute atomic E-state index is 0.107. The molecule has 3 N–H and O–H groups in total. The number of esters is 4. The van der Waals surface area contributed by atoms with E-state index in [0.717, 1.165) is 102 Å². The maximum Gasteiger partial charge on any atom is 0.472 e. The van der Waals surface area contributed by atoms with Crippen molar-refractivity contribution >= 4 is 39.5 Å². The molecule has 0 aromatic carbocycles. The van der Waals surface area contributed by atoms with Crippen molar-refractivity contribution in [2.45, 2.75) is 452 Å². The second kappa shape index (κ2) is 73.6. The highest BCUT2D eigenvalue weighted by atomic mass is 31.2. The minimum Gasteiger partial charge on any atom is -0.462 e. The van der Waals surface area contributed by atoms with E-state index >= 15 is 0 Å². The number of aliphatic hydroxyl groups is 1. The smallest absolute Gasteiger partial charge is 0.462 e. The van der Waals surface area contributed by atoms with Gasteiger partial charge in [0.2, 0.25) is 0 Å². The fourth-order valence-electron chi connectivity index (χ4n) is 12.7. The molecule has 19 heteroatoms. The second-order valence-electron chi connectivity index (χ2n) is 30.5. The quantitative estimate of drug-likeness (QED) is 0.0222. The summed E-state index contributed by atoms with van der Waals surface area (Å²) in [5.41, 5.74) is 0. The van der Waals surface area contributed by atoms with Gasteiger partial charge in [-0.15, -0.1) is 0 Å². The fourth-order valence-corrected chi connectivity index (χ4v) is 14.3. The Labute approximate surface area is 619 Å². The Balaban J connectivity index is 5.21. The number of hydrogen-bond donors (Lipinski definition) is 3. The highest BCUT2D eigenvalue weighted by Crippen LogP contribution is 2.45. The standard InChI is InChI=1S/C82H160O17P2/c1-7-9-11-13-15-17-19-21-23-30-33-37-41-45-52-58-64-79(84)92-70-77(98-81(86)66-61-55-47-43-39-35-31-27-25-24-26-29-32-36-40-44-50-56-62-74(3)4)72-96-100(88,89)94-68-76(83)69-95-101(90,91)97-73-78(71-93-80(85)65-59-53-49-48-51-57-63-75(5)6)99-82(87)67-60-54-46-42-38-34-28-22-20-18-16-14-12-10-8-2/h74-78,83H,7-73H2,1-6H3,(H,88,89)(H,90,91)/t76-,77-,78-/m1/s1. The summed E-state index contributed by atoms with van der Waals surface area (Å²) in [4.78, 5) is 73.0. The van der Waals surface area contributed by atoms with Crippen molar-refractivity contribution in [1.29, 1.82) is 0 Å². The van der Waals surface area contributed by atoms with Crippen LogP contribution in [0.1, 0.15) is 433 Å². The molecule has 0 fully saturated rings. The van der Waals surface area contributed by atoms with Crippen molar-refractivity contribution in [3.05, 3.63) is 0 Å². The van der Waals surface area contributed by atoms with Crippen LogP contribution in [-0.2, 0) is 65.4 Å². The molecule has 5 atom stereocenters. The van der Waals surface area contributed by atoms with Crippen LogP contribution in [0.5, 0.6) is 0 Å². The molecule has 0 aromatic rings. The number of carbonyl (C=O) groups is 4. The second-order valence-corrected chi connectivity index (χ2v) is 33.4. The molecule has 0 aromatic heterocycles. The Morgan fingerprint density at radius 3 is 0.673 bits per heavy atom. The van der Waals surface area contributed by atoms with Gasteiger partial charge in [-0.1, -0.05) is 382 Å². The Morgan fingerprint density at radius 1 is 0.267 bits per heavy atom. The summed E-state index contributed by atoms with van der Waals surface area (Å²) >= 11 is 0. The van der Waals surface area contributed by atoms with Crippen molar-refractivity contribution in [1.82, 2.24) is 0 Å². The highest BCUT2D eigenvalue weighted by molar-refractivity contribution is 7.47. The van der Waals surface area contributed by atoms with E-state index in [-0.39, 0.29) is 25.7 Å². The average Bonchev–Trinajstić information content (AvgIpc) is 0.966. The number of hydrogen-bond acceptors (Lipinski definition) is 15. The van der Waals surface area contributed by atoms with Crippen LogP contribution < -0.4 is 0 Å². The number of aliphatic hydroxyl groups excluding tert-OH is 1. The lowest BCUT2D eigenvalue weighted by Crippen LogP contribution is -2.30. The Bertz CT molecular complexity index is 1940. The molecular formula is C82H160O17P2. The van der Waals surface area contributed by atoms with Gasteiger partial charge in [0.1, 0.15) is 19.3 Å². The monoisotopic (exact) mass is 1480 g/mol. The van der Waals surface area contributed by atoms with E-state index in [1.54, 1.807) is 0 Å². The number of carbonyl (C=O) groups excluding carboxylic acids is 4. The van der Waals surface area contributed by atoms with E-state index in [2.05, 4.69) is 41.5 Å². The minimum atomic E-state index is -4.96. The van der Waals surface area contributed by atoms with Crippen molar-refractivity contribution in [2.75, 3.05) is 39.6 Å². The first-order chi connectivity index (χ1) is 48.9. The van der Waals surface area contributed by atoms with E-state index in [9.17, 15) is 43.2 Å². The van der Waals surface area contributed by atoms with Crippen LogP contribution in [0.15, 0.2) is 0 Å². The first kappa shape index (κ1) is 99.1. The molecule has 0 aliphatic heterocycles. The van der Waals surface area contributed by atoms with Crippen molar-refractivity contribution in [2.24, 2.45) is 11.8 Å². The van der Waals surface area contributed by atoms with Gasteiger partial charge in [-0.25, -0.2) is 9.13 Å². The molecule has 0 rings (SSSR count). The van der Waals surface area contributed by atoms with Gasteiger partial charge in [-0.3, -0.25) is 37.3 Å². The van der Waals surface area contributed by atoms with E-state index in [4.69, 9.17) is 37.0 Å². The third kappa shape index (κ3) is 76.1. The van der Waals surface area contributed by atoms with Gasteiger partial charge in [0.05, 0.1) is 26.4 Å². The summed E-state index contributed by atoms with van der Waals surface area (Å²) in [6.45, 7) is 9.60. The van der Waals surface area contributed by atoms with Crippen LogP contribution >= 0.6 is 15.6 Å². The van der Waals surface area contributed by atoms with E-state index in [1.165, 1.54) is 244 Å². The van der Waals surface area contributed by atoms with Crippen molar-refractivity contribution < 1.29 is 80.2 Å². The Morgan fingerprint density at radius 2 is 0.455 bits per heavy atom. The van der Waals surface area contributed by atoms with Gasteiger partial charge >= 0.3 is 39.5 Å². The predicted molar refractivity (Wildman–Crippen MR) is 414 cm³/mol. The topological polar surface area (TPSA) is 237 Å². The molecule has 2 unspecified atom stereocenters. The Hall–Kier alpha value is -1.94. The predicted octanol–water partition coefficient (Wildman–Crippen LogP) is 24.7. The third-order valence-corrected chi connectivity index (χ3v) is 21.1. The van der Waals surface area contributed by atoms with Gasteiger partial charge in [-0.05, 0) is 37.5 Å². The maximum absolute atomic E-state index is 13.1. The normalized spacial score (nSPS) is 13.9. The first-order valence-corrected chi connectivity index (χ1v) is 45.5. The summed E-state index contributed by atoms with van der Waals surface area (Å²) in [6.07, 6.45) is 64.0. The number of phosphoric acid groups is 2. The lowest BCUT2D eigenvalue weighted by atomic mass is 10.0. The first-order valence-electron chi connectivity index (χ1n) is 42.5. The summed E-state index contributed by atoms with van der Waals surface area (Å²) < 4.78 is 68.7. The zero-order chi connectivity index (χ0) is 74.2. The van der Waals surface area contributed by atoms with Gasteiger partial charge in [0.25, 0.3) is 0 Å². The molecule has 0 radical (unpaired) electrons. The highest BCUT2D eigenvalue weighted by Gasteiger charge is 2.30.